The second-order valence-electron chi connectivity index (χ2n) is 5.15. The third-order valence-electron chi connectivity index (χ3n) is 3.75. The zero-order chi connectivity index (χ0) is 13.8. The number of aliphatic hydroxyl groups excluding tert-OH is 1. The van der Waals surface area contributed by atoms with Crippen molar-refractivity contribution in [2.75, 3.05) is 13.2 Å². The number of carbonyl (C=O) groups is 1. The summed E-state index contributed by atoms with van der Waals surface area (Å²) < 4.78 is 1.78. The lowest BCUT2D eigenvalue weighted by Gasteiger charge is -2.24. The Morgan fingerprint density at radius 3 is 3.05 bits per heavy atom. The molecule has 1 atom stereocenters. The Balaban J connectivity index is 2.13. The molecule has 0 aromatic carbocycles. The monoisotopic (exact) mass is 265 g/mol. The Hall–Kier alpha value is -1.36. The normalized spacial score (nSPS) is 19.1. The van der Waals surface area contributed by atoms with Gasteiger partial charge in [0, 0.05) is 25.7 Å². The minimum Gasteiger partial charge on any atom is -0.396 e. The average molecular weight is 265 g/mol. The van der Waals surface area contributed by atoms with E-state index in [1.165, 1.54) is 0 Å². The van der Waals surface area contributed by atoms with Crippen molar-refractivity contribution < 1.29 is 9.90 Å². The van der Waals surface area contributed by atoms with Gasteiger partial charge in [0.2, 0.25) is 0 Å². The summed E-state index contributed by atoms with van der Waals surface area (Å²) in [5, 5.41) is 13.3. The standard InChI is InChI=1S/C14H23N3O2/c1-3-17-13(10-11(2)15-17)14(19)16-8-4-6-12(16)7-5-9-18/h10,12,18H,3-9H2,1-2H3. The molecule has 1 amide bonds. The predicted octanol–water partition coefficient (Wildman–Crippen LogP) is 1.59. The van der Waals surface area contributed by atoms with E-state index in [0.717, 1.165) is 37.9 Å². The summed E-state index contributed by atoms with van der Waals surface area (Å²) in [7, 11) is 0. The molecule has 1 saturated heterocycles. The Labute approximate surface area is 114 Å². The van der Waals surface area contributed by atoms with Crippen LogP contribution in [0.1, 0.15) is 48.8 Å². The second-order valence-corrected chi connectivity index (χ2v) is 5.15. The van der Waals surface area contributed by atoms with E-state index >= 15 is 0 Å². The van der Waals surface area contributed by atoms with E-state index in [0.29, 0.717) is 12.2 Å². The third kappa shape index (κ3) is 2.97. The predicted molar refractivity (Wildman–Crippen MR) is 73.0 cm³/mol. The molecule has 5 heteroatoms. The van der Waals surface area contributed by atoms with E-state index in [-0.39, 0.29) is 18.6 Å². The lowest BCUT2D eigenvalue weighted by atomic mass is 10.1. The molecule has 0 aliphatic carbocycles. The van der Waals surface area contributed by atoms with Crippen molar-refractivity contribution in [3.05, 3.63) is 17.5 Å². The largest absolute Gasteiger partial charge is 0.396 e. The molecule has 19 heavy (non-hydrogen) atoms. The van der Waals surface area contributed by atoms with Gasteiger partial charge in [0.05, 0.1) is 5.69 Å². The highest BCUT2D eigenvalue weighted by Gasteiger charge is 2.30. The highest BCUT2D eigenvalue weighted by molar-refractivity contribution is 5.93. The number of likely N-dealkylation sites (tertiary alicyclic amines) is 1. The highest BCUT2D eigenvalue weighted by atomic mass is 16.3. The van der Waals surface area contributed by atoms with E-state index in [1.807, 2.05) is 24.8 Å². The van der Waals surface area contributed by atoms with Crippen LogP contribution in [-0.2, 0) is 6.54 Å². The number of aliphatic hydroxyl groups is 1. The molecule has 2 rings (SSSR count). The molecule has 1 aromatic rings. The van der Waals surface area contributed by atoms with Crippen molar-refractivity contribution >= 4 is 5.91 Å². The van der Waals surface area contributed by atoms with Crippen LogP contribution in [0.15, 0.2) is 6.07 Å². The SMILES string of the molecule is CCn1nc(C)cc1C(=O)N1CCCC1CCCO. The Morgan fingerprint density at radius 2 is 2.37 bits per heavy atom. The van der Waals surface area contributed by atoms with Crippen LogP contribution >= 0.6 is 0 Å². The van der Waals surface area contributed by atoms with E-state index in [2.05, 4.69) is 5.10 Å². The van der Waals surface area contributed by atoms with Crippen molar-refractivity contribution in [1.29, 1.82) is 0 Å². The number of nitrogens with zero attached hydrogens (tertiary/aromatic N) is 3. The summed E-state index contributed by atoms with van der Waals surface area (Å²) in [6, 6.07) is 2.15. The van der Waals surface area contributed by atoms with E-state index in [4.69, 9.17) is 5.11 Å². The minimum absolute atomic E-state index is 0.0860. The molecule has 2 heterocycles. The van der Waals surface area contributed by atoms with Gasteiger partial charge in [-0.25, -0.2) is 0 Å². The van der Waals surface area contributed by atoms with E-state index < -0.39 is 0 Å². The number of rotatable bonds is 5. The maximum Gasteiger partial charge on any atom is 0.272 e. The summed E-state index contributed by atoms with van der Waals surface area (Å²) in [4.78, 5) is 14.6. The molecule has 1 fully saturated rings. The van der Waals surface area contributed by atoms with Crippen LogP contribution in [0, 0.1) is 6.92 Å². The van der Waals surface area contributed by atoms with Crippen LogP contribution in [0.5, 0.6) is 0 Å². The molecule has 1 unspecified atom stereocenters. The van der Waals surface area contributed by atoms with Gasteiger partial charge in [-0.1, -0.05) is 0 Å². The maximum atomic E-state index is 12.6. The molecular weight excluding hydrogens is 242 g/mol. The number of amides is 1. The molecule has 0 radical (unpaired) electrons. The molecule has 0 bridgehead atoms. The van der Waals surface area contributed by atoms with Crippen LogP contribution in [0.4, 0.5) is 0 Å². The Bertz CT molecular complexity index is 442. The average Bonchev–Trinajstić information content (AvgIpc) is 3.01. The first-order chi connectivity index (χ1) is 9.17. The maximum absolute atomic E-state index is 12.6. The summed E-state index contributed by atoms with van der Waals surface area (Å²) >= 11 is 0. The lowest BCUT2D eigenvalue weighted by molar-refractivity contribution is 0.0712. The summed E-state index contributed by atoms with van der Waals surface area (Å²) in [5.74, 6) is 0.0860. The van der Waals surface area contributed by atoms with Crippen LogP contribution in [-0.4, -0.2) is 44.9 Å². The molecule has 0 saturated carbocycles. The van der Waals surface area contributed by atoms with Gasteiger partial charge in [0.1, 0.15) is 5.69 Å². The van der Waals surface area contributed by atoms with Gasteiger partial charge in [-0.15, -0.1) is 0 Å². The fraction of sp³-hybridized carbons (Fsp3) is 0.714. The van der Waals surface area contributed by atoms with Gasteiger partial charge in [-0.05, 0) is 45.6 Å². The fourth-order valence-electron chi connectivity index (χ4n) is 2.84. The molecule has 106 valence electrons. The fourth-order valence-corrected chi connectivity index (χ4v) is 2.84. The number of aryl methyl sites for hydroxylation is 2. The number of hydrogen-bond acceptors (Lipinski definition) is 3. The molecule has 1 aliphatic heterocycles. The zero-order valence-electron chi connectivity index (χ0n) is 11.8. The van der Waals surface area contributed by atoms with Gasteiger partial charge >= 0.3 is 0 Å². The van der Waals surface area contributed by atoms with Crippen LogP contribution in [0.3, 0.4) is 0 Å². The molecule has 1 aromatic heterocycles. The van der Waals surface area contributed by atoms with Crippen molar-refractivity contribution in [1.82, 2.24) is 14.7 Å². The number of aromatic nitrogens is 2. The van der Waals surface area contributed by atoms with Crippen molar-refractivity contribution in [3.63, 3.8) is 0 Å². The molecule has 5 nitrogen and oxygen atoms in total. The zero-order valence-corrected chi connectivity index (χ0v) is 11.8. The van der Waals surface area contributed by atoms with E-state index in [1.54, 1.807) is 4.68 Å². The van der Waals surface area contributed by atoms with Gasteiger partial charge < -0.3 is 10.0 Å². The molecule has 1 aliphatic rings. The van der Waals surface area contributed by atoms with Crippen LogP contribution in [0.25, 0.3) is 0 Å². The summed E-state index contributed by atoms with van der Waals surface area (Å²) in [6.45, 7) is 5.64. The van der Waals surface area contributed by atoms with E-state index in [9.17, 15) is 4.79 Å². The quantitative estimate of drug-likeness (QED) is 0.879. The van der Waals surface area contributed by atoms with Gasteiger partial charge in [-0.2, -0.15) is 5.10 Å². The first kappa shape index (κ1) is 14.1. The number of hydrogen-bond donors (Lipinski definition) is 1. The first-order valence-electron chi connectivity index (χ1n) is 7.13. The lowest BCUT2D eigenvalue weighted by Crippen LogP contribution is -2.36. The first-order valence-corrected chi connectivity index (χ1v) is 7.13. The highest BCUT2D eigenvalue weighted by Crippen LogP contribution is 2.23. The topological polar surface area (TPSA) is 58.4 Å². The summed E-state index contributed by atoms with van der Waals surface area (Å²) in [6.07, 6.45) is 3.76. The van der Waals surface area contributed by atoms with Crippen molar-refractivity contribution in [2.24, 2.45) is 0 Å². The molecule has 0 spiro atoms. The second kappa shape index (κ2) is 6.19. The van der Waals surface area contributed by atoms with Crippen molar-refractivity contribution in [2.45, 2.75) is 52.1 Å². The molecule has 1 N–H and O–H groups in total. The van der Waals surface area contributed by atoms with Gasteiger partial charge in [-0.3, -0.25) is 9.48 Å². The number of carbonyl (C=O) groups excluding carboxylic acids is 1. The minimum atomic E-state index is 0.0860. The van der Waals surface area contributed by atoms with Crippen LogP contribution < -0.4 is 0 Å². The van der Waals surface area contributed by atoms with Gasteiger partial charge in [0.15, 0.2) is 0 Å². The van der Waals surface area contributed by atoms with Gasteiger partial charge in [0.25, 0.3) is 5.91 Å². The van der Waals surface area contributed by atoms with Crippen LogP contribution in [0.2, 0.25) is 0 Å². The smallest absolute Gasteiger partial charge is 0.272 e. The Kier molecular flexibility index (Phi) is 4.58. The molecular formula is C14H23N3O2. The third-order valence-corrected chi connectivity index (χ3v) is 3.75. The Morgan fingerprint density at radius 1 is 1.58 bits per heavy atom. The van der Waals surface area contributed by atoms with Crippen molar-refractivity contribution in [3.8, 4) is 0 Å². The summed E-state index contributed by atoms with van der Waals surface area (Å²) in [5.41, 5.74) is 1.58.